The minimum absolute atomic E-state index is 0.452. The van der Waals surface area contributed by atoms with E-state index in [2.05, 4.69) is 16.8 Å². The van der Waals surface area contributed by atoms with E-state index in [-0.39, 0.29) is 0 Å². The number of rotatable bonds is 4. The Morgan fingerprint density at radius 2 is 2.30 bits per heavy atom. The zero-order valence-corrected chi connectivity index (χ0v) is 13.1. The predicted molar refractivity (Wildman–Crippen MR) is 84.8 cm³/mol. The van der Waals surface area contributed by atoms with E-state index in [1.165, 1.54) is 29.7 Å². The number of hydrogen-bond acceptors (Lipinski definition) is 3. The Balaban J connectivity index is 1.73. The number of methoxy groups -OCH3 is 1. The maximum absolute atomic E-state index is 6.08. The molecule has 0 saturated heterocycles. The molecule has 1 atom stereocenters. The number of fused-ring (bicyclic) bond motifs is 1. The Hall–Kier alpha value is -1.03. The highest BCUT2D eigenvalue weighted by Crippen LogP contribution is 2.34. The van der Waals surface area contributed by atoms with E-state index in [1.54, 1.807) is 7.11 Å². The van der Waals surface area contributed by atoms with Gasteiger partial charge in [-0.3, -0.25) is 0 Å². The Kier molecular flexibility index (Phi) is 4.29. The van der Waals surface area contributed by atoms with Crippen LogP contribution in [0, 0.1) is 0 Å². The number of benzene rings is 1. The van der Waals surface area contributed by atoms with Crippen LogP contribution in [0.4, 0.5) is 0 Å². The Labute approximate surface area is 128 Å². The summed E-state index contributed by atoms with van der Waals surface area (Å²) in [5, 5.41) is 6.60. The van der Waals surface area contributed by atoms with Crippen LogP contribution in [0.2, 0.25) is 5.02 Å². The average Bonchev–Trinajstić information content (AvgIpc) is 2.94. The molecule has 2 aromatic rings. The molecule has 1 heterocycles. The van der Waals surface area contributed by atoms with Gasteiger partial charge in [-0.05, 0) is 54.5 Å². The Bertz CT molecular complexity index is 596. The summed E-state index contributed by atoms with van der Waals surface area (Å²) in [5.41, 5.74) is 2.59. The fourth-order valence-corrected chi connectivity index (χ4v) is 4.00. The quantitative estimate of drug-likeness (QED) is 0.893. The van der Waals surface area contributed by atoms with Crippen molar-refractivity contribution in [1.29, 1.82) is 0 Å². The van der Waals surface area contributed by atoms with Crippen molar-refractivity contribution in [3.63, 3.8) is 0 Å². The van der Waals surface area contributed by atoms with Gasteiger partial charge < -0.3 is 10.1 Å². The second-order valence-electron chi connectivity index (χ2n) is 5.08. The molecule has 0 amide bonds. The van der Waals surface area contributed by atoms with Crippen molar-refractivity contribution in [3.8, 4) is 5.75 Å². The molecule has 106 valence electrons. The van der Waals surface area contributed by atoms with Crippen LogP contribution in [-0.4, -0.2) is 7.11 Å². The van der Waals surface area contributed by atoms with Gasteiger partial charge in [0.1, 0.15) is 5.75 Å². The van der Waals surface area contributed by atoms with Crippen molar-refractivity contribution in [2.75, 3.05) is 7.11 Å². The van der Waals surface area contributed by atoms with Gasteiger partial charge in [0.15, 0.2) is 0 Å². The Morgan fingerprint density at radius 1 is 1.40 bits per heavy atom. The van der Waals surface area contributed by atoms with Crippen LogP contribution >= 0.6 is 22.9 Å². The van der Waals surface area contributed by atoms with Gasteiger partial charge in [0, 0.05) is 28.0 Å². The standard InChI is InChI=1S/C16H18ClNOS/c1-19-15-6-5-12(17)9-11(15)10-18-14-3-2-4-16-13(14)7-8-20-16/h5-9,14,18H,2-4,10H2,1H3. The molecule has 1 aromatic carbocycles. The molecule has 1 unspecified atom stereocenters. The first kappa shape index (κ1) is 13.9. The molecule has 2 nitrogen and oxygen atoms in total. The maximum Gasteiger partial charge on any atom is 0.123 e. The van der Waals surface area contributed by atoms with Gasteiger partial charge in [0.2, 0.25) is 0 Å². The molecular weight excluding hydrogens is 290 g/mol. The fraction of sp³-hybridized carbons (Fsp3) is 0.375. The second-order valence-corrected chi connectivity index (χ2v) is 6.52. The number of halogens is 1. The smallest absolute Gasteiger partial charge is 0.123 e. The Morgan fingerprint density at radius 3 is 3.15 bits per heavy atom. The normalized spacial score (nSPS) is 17.8. The van der Waals surface area contributed by atoms with E-state index in [0.29, 0.717) is 6.04 Å². The highest BCUT2D eigenvalue weighted by molar-refractivity contribution is 7.10. The minimum Gasteiger partial charge on any atom is -0.496 e. The molecule has 0 aliphatic heterocycles. The van der Waals surface area contributed by atoms with Crippen LogP contribution in [0.25, 0.3) is 0 Å². The third-order valence-corrected chi connectivity index (χ3v) is 5.06. The average molecular weight is 308 g/mol. The van der Waals surface area contributed by atoms with Gasteiger partial charge in [-0.15, -0.1) is 11.3 Å². The van der Waals surface area contributed by atoms with E-state index >= 15 is 0 Å². The molecule has 1 aliphatic rings. The van der Waals surface area contributed by atoms with E-state index < -0.39 is 0 Å². The molecule has 0 bridgehead atoms. The third kappa shape index (κ3) is 2.85. The molecule has 0 saturated carbocycles. The summed E-state index contributed by atoms with van der Waals surface area (Å²) < 4.78 is 5.40. The lowest BCUT2D eigenvalue weighted by atomic mass is 9.94. The van der Waals surface area contributed by atoms with Gasteiger partial charge in [-0.1, -0.05) is 11.6 Å². The highest BCUT2D eigenvalue weighted by atomic mass is 35.5. The number of thiophene rings is 1. The maximum atomic E-state index is 6.08. The van der Waals surface area contributed by atoms with Crippen LogP contribution in [0.1, 0.15) is 34.9 Å². The van der Waals surface area contributed by atoms with Gasteiger partial charge in [-0.2, -0.15) is 0 Å². The van der Waals surface area contributed by atoms with Gasteiger partial charge >= 0.3 is 0 Å². The van der Waals surface area contributed by atoms with Crippen molar-refractivity contribution in [1.82, 2.24) is 5.32 Å². The van der Waals surface area contributed by atoms with Crippen molar-refractivity contribution < 1.29 is 4.74 Å². The van der Waals surface area contributed by atoms with Crippen molar-refractivity contribution in [2.24, 2.45) is 0 Å². The summed E-state index contributed by atoms with van der Waals surface area (Å²) in [7, 11) is 1.70. The van der Waals surface area contributed by atoms with Crippen LogP contribution in [0.15, 0.2) is 29.6 Å². The largest absolute Gasteiger partial charge is 0.496 e. The summed E-state index contributed by atoms with van der Waals surface area (Å²) in [5.74, 6) is 0.892. The topological polar surface area (TPSA) is 21.3 Å². The second kappa shape index (κ2) is 6.17. The summed E-state index contributed by atoms with van der Waals surface area (Å²) in [4.78, 5) is 1.53. The van der Waals surface area contributed by atoms with E-state index in [0.717, 1.165) is 22.9 Å². The molecule has 3 rings (SSSR count). The van der Waals surface area contributed by atoms with Crippen LogP contribution in [0.3, 0.4) is 0 Å². The number of aryl methyl sites for hydroxylation is 1. The van der Waals surface area contributed by atoms with Gasteiger partial charge in [-0.25, -0.2) is 0 Å². The van der Waals surface area contributed by atoms with E-state index in [1.807, 2.05) is 29.5 Å². The lowest BCUT2D eigenvalue weighted by Gasteiger charge is -2.24. The molecule has 0 radical (unpaired) electrons. The minimum atomic E-state index is 0.452. The van der Waals surface area contributed by atoms with Gasteiger partial charge in [0.25, 0.3) is 0 Å². The molecular formula is C16H18ClNOS. The van der Waals surface area contributed by atoms with E-state index in [9.17, 15) is 0 Å². The molecule has 1 N–H and O–H groups in total. The number of ether oxygens (including phenoxy) is 1. The molecule has 4 heteroatoms. The van der Waals surface area contributed by atoms with E-state index in [4.69, 9.17) is 16.3 Å². The predicted octanol–water partition coefficient (Wildman–Crippen LogP) is 4.58. The number of hydrogen-bond donors (Lipinski definition) is 1. The van der Waals surface area contributed by atoms with Crippen LogP contribution < -0.4 is 10.1 Å². The number of nitrogens with one attached hydrogen (secondary N) is 1. The first-order valence-electron chi connectivity index (χ1n) is 6.90. The zero-order valence-electron chi connectivity index (χ0n) is 11.5. The SMILES string of the molecule is COc1ccc(Cl)cc1CNC1CCCc2sccc21. The fourth-order valence-electron chi connectivity index (χ4n) is 2.82. The summed E-state index contributed by atoms with van der Waals surface area (Å²) in [6.07, 6.45) is 3.69. The van der Waals surface area contributed by atoms with Crippen molar-refractivity contribution in [3.05, 3.63) is 50.7 Å². The molecule has 1 aromatic heterocycles. The zero-order chi connectivity index (χ0) is 13.9. The first-order chi connectivity index (χ1) is 9.78. The lowest BCUT2D eigenvalue weighted by Crippen LogP contribution is -2.24. The lowest BCUT2D eigenvalue weighted by molar-refractivity contribution is 0.401. The van der Waals surface area contributed by atoms with Gasteiger partial charge in [0.05, 0.1) is 7.11 Å². The summed E-state index contributed by atoms with van der Waals surface area (Å²) in [6, 6.07) is 8.47. The van der Waals surface area contributed by atoms with Crippen LogP contribution in [-0.2, 0) is 13.0 Å². The first-order valence-corrected chi connectivity index (χ1v) is 8.16. The molecule has 20 heavy (non-hydrogen) atoms. The van der Waals surface area contributed by atoms with Crippen molar-refractivity contribution in [2.45, 2.75) is 31.8 Å². The molecule has 1 aliphatic carbocycles. The van der Waals surface area contributed by atoms with Crippen LogP contribution in [0.5, 0.6) is 5.75 Å². The molecule has 0 fully saturated rings. The third-order valence-electron chi connectivity index (χ3n) is 3.83. The monoisotopic (exact) mass is 307 g/mol. The summed E-state index contributed by atoms with van der Waals surface area (Å²) >= 11 is 7.95. The van der Waals surface area contributed by atoms with Crippen molar-refractivity contribution >= 4 is 22.9 Å². The highest BCUT2D eigenvalue weighted by Gasteiger charge is 2.20. The molecule has 0 spiro atoms. The summed E-state index contributed by atoms with van der Waals surface area (Å²) in [6.45, 7) is 0.781.